The van der Waals surface area contributed by atoms with Crippen LogP contribution in [-0.2, 0) is 24.1 Å². The SMILES string of the molecule is COCCc1noc(C2Cc3ccccc3N2C(=O)NCc2ccc(C)cc2)n1. The minimum atomic E-state index is -0.325. The van der Waals surface area contributed by atoms with Crippen LogP contribution in [0.3, 0.4) is 0 Å². The number of para-hydroxylation sites is 1. The topological polar surface area (TPSA) is 80.5 Å². The van der Waals surface area contributed by atoms with Crippen LogP contribution in [0.4, 0.5) is 10.5 Å². The molecule has 7 nitrogen and oxygen atoms in total. The second kappa shape index (κ2) is 8.45. The van der Waals surface area contributed by atoms with Crippen molar-refractivity contribution < 1.29 is 14.1 Å². The second-order valence-corrected chi connectivity index (χ2v) is 7.15. The number of aromatic nitrogens is 2. The molecule has 0 saturated heterocycles. The normalized spacial score (nSPS) is 15.4. The monoisotopic (exact) mass is 392 g/mol. The van der Waals surface area contributed by atoms with Crippen LogP contribution in [-0.4, -0.2) is 29.9 Å². The smallest absolute Gasteiger partial charge is 0.322 e. The highest BCUT2D eigenvalue weighted by molar-refractivity contribution is 5.95. The molecule has 2 amide bonds. The number of amides is 2. The largest absolute Gasteiger partial charge is 0.384 e. The summed E-state index contributed by atoms with van der Waals surface area (Å²) in [5.41, 5.74) is 4.19. The summed E-state index contributed by atoms with van der Waals surface area (Å²) in [5, 5.41) is 7.05. The third-order valence-electron chi connectivity index (χ3n) is 5.06. The predicted octanol–water partition coefficient (Wildman–Crippen LogP) is 3.58. The molecule has 1 unspecified atom stereocenters. The van der Waals surface area contributed by atoms with Crippen molar-refractivity contribution in [2.45, 2.75) is 32.4 Å². The van der Waals surface area contributed by atoms with Gasteiger partial charge in [-0.2, -0.15) is 4.98 Å². The molecule has 7 heteroatoms. The molecule has 1 aliphatic rings. The zero-order chi connectivity index (χ0) is 20.2. The van der Waals surface area contributed by atoms with Crippen molar-refractivity contribution in [3.05, 3.63) is 76.9 Å². The van der Waals surface area contributed by atoms with Crippen LogP contribution in [0.1, 0.15) is 34.4 Å². The van der Waals surface area contributed by atoms with Gasteiger partial charge >= 0.3 is 6.03 Å². The number of nitrogens with one attached hydrogen (secondary N) is 1. The quantitative estimate of drug-likeness (QED) is 0.693. The molecular weight excluding hydrogens is 368 g/mol. The number of methoxy groups -OCH3 is 1. The van der Waals surface area contributed by atoms with Gasteiger partial charge in [-0.1, -0.05) is 53.2 Å². The van der Waals surface area contributed by atoms with Gasteiger partial charge < -0.3 is 14.6 Å². The molecule has 1 atom stereocenters. The van der Waals surface area contributed by atoms with Crippen molar-refractivity contribution in [3.63, 3.8) is 0 Å². The van der Waals surface area contributed by atoms with Gasteiger partial charge in [-0.25, -0.2) is 4.79 Å². The van der Waals surface area contributed by atoms with E-state index in [4.69, 9.17) is 9.26 Å². The number of rotatable bonds is 6. The Hall–Kier alpha value is -3.19. The fourth-order valence-electron chi connectivity index (χ4n) is 3.50. The standard InChI is InChI=1S/C22H24N4O3/c1-15-7-9-16(10-8-15)14-23-22(27)26-18-6-4-3-5-17(18)13-19(26)21-24-20(25-29-21)11-12-28-2/h3-10,19H,11-14H2,1-2H3,(H,23,27). The number of aryl methyl sites for hydroxylation is 1. The van der Waals surface area contributed by atoms with Crippen molar-refractivity contribution in [1.82, 2.24) is 15.5 Å². The molecule has 1 aliphatic heterocycles. The first kappa shape index (κ1) is 19.1. The Morgan fingerprint density at radius 1 is 1.24 bits per heavy atom. The summed E-state index contributed by atoms with van der Waals surface area (Å²) in [7, 11) is 1.63. The van der Waals surface area contributed by atoms with E-state index >= 15 is 0 Å². The Balaban J connectivity index is 1.54. The first-order valence-corrected chi connectivity index (χ1v) is 9.67. The van der Waals surface area contributed by atoms with E-state index in [0.717, 1.165) is 16.8 Å². The summed E-state index contributed by atoms with van der Waals surface area (Å²) in [5.74, 6) is 1.02. The summed E-state index contributed by atoms with van der Waals surface area (Å²) in [6.45, 7) is 3.01. The van der Waals surface area contributed by atoms with Crippen molar-refractivity contribution in [1.29, 1.82) is 0 Å². The van der Waals surface area contributed by atoms with E-state index in [0.29, 0.717) is 37.7 Å². The number of fused-ring (bicyclic) bond motifs is 1. The van der Waals surface area contributed by atoms with Gasteiger partial charge in [0.1, 0.15) is 6.04 Å². The summed E-state index contributed by atoms with van der Waals surface area (Å²) in [6, 6.07) is 15.5. The van der Waals surface area contributed by atoms with Crippen molar-refractivity contribution >= 4 is 11.7 Å². The first-order valence-electron chi connectivity index (χ1n) is 9.67. The zero-order valence-electron chi connectivity index (χ0n) is 16.6. The highest BCUT2D eigenvalue weighted by Crippen LogP contribution is 2.39. The van der Waals surface area contributed by atoms with Crippen LogP contribution in [0, 0.1) is 6.92 Å². The summed E-state index contributed by atoms with van der Waals surface area (Å²) < 4.78 is 10.6. The molecular formula is C22H24N4O3. The van der Waals surface area contributed by atoms with Crippen molar-refractivity contribution in [2.24, 2.45) is 0 Å². The number of carbonyl (C=O) groups excluding carboxylic acids is 1. The van der Waals surface area contributed by atoms with Crippen LogP contribution >= 0.6 is 0 Å². The van der Waals surface area contributed by atoms with Gasteiger partial charge in [-0.05, 0) is 24.1 Å². The fraction of sp³-hybridized carbons (Fsp3) is 0.318. The Kier molecular flexibility index (Phi) is 5.57. The Morgan fingerprint density at radius 3 is 2.83 bits per heavy atom. The summed E-state index contributed by atoms with van der Waals surface area (Å²) in [6.07, 6.45) is 1.21. The number of hydrogen-bond acceptors (Lipinski definition) is 5. The van der Waals surface area contributed by atoms with E-state index < -0.39 is 0 Å². The molecule has 0 aliphatic carbocycles. The zero-order valence-corrected chi connectivity index (χ0v) is 16.6. The van der Waals surface area contributed by atoms with Gasteiger partial charge in [-0.15, -0.1) is 0 Å². The van der Waals surface area contributed by atoms with E-state index in [1.807, 2.05) is 55.5 Å². The maximum atomic E-state index is 13.1. The molecule has 1 N–H and O–H groups in total. The lowest BCUT2D eigenvalue weighted by atomic mass is 10.1. The van der Waals surface area contributed by atoms with Crippen LogP contribution in [0.15, 0.2) is 53.1 Å². The van der Waals surface area contributed by atoms with Crippen LogP contribution in [0.5, 0.6) is 0 Å². The minimum Gasteiger partial charge on any atom is -0.384 e. The molecule has 4 rings (SSSR count). The minimum absolute atomic E-state index is 0.183. The highest BCUT2D eigenvalue weighted by Gasteiger charge is 2.38. The Morgan fingerprint density at radius 2 is 2.03 bits per heavy atom. The summed E-state index contributed by atoms with van der Waals surface area (Å²) in [4.78, 5) is 19.3. The molecule has 29 heavy (non-hydrogen) atoms. The molecule has 2 heterocycles. The van der Waals surface area contributed by atoms with Crippen molar-refractivity contribution in [2.75, 3.05) is 18.6 Å². The number of nitrogens with zero attached hydrogens (tertiary/aromatic N) is 3. The number of benzene rings is 2. The molecule has 1 aromatic heterocycles. The van der Waals surface area contributed by atoms with E-state index in [2.05, 4.69) is 15.5 Å². The Bertz CT molecular complexity index is 984. The molecule has 0 radical (unpaired) electrons. The maximum absolute atomic E-state index is 13.1. The number of carbonyl (C=O) groups is 1. The predicted molar refractivity (Wildman–Crippen MR) is 109 cm³/mol. The van der Waals surface area contributed by atoms with E-state index in [-0.39, 0.29) is 12.1 Å². The van der Waals surface area contributed by atoms with Gasteiger partial charge in [0.25, 0.3) is 0 Å². The Labute approximate surface area is 169 Å². The fourth-order valence-corrected chi connectivity index (χ4v) is 3.50. The van der Waals surface area contributed by atoms with Crippen LogP contribution < -0.4 is 10.2 Å². The van der Waals surface area contributed by atoms with Crippen LogP contribution in [0.25, 0.3) is 0 Å². The lowest BCUT2D eigenvalue weighted by Crippen LogP contribution is -2.40. The van der Waals surface area contributed by atoms with E-state index in [1.165, 1.54) is 5.56 Å². The van der Waals surface area contributed by atoms with E-state index in [1.54, 1.807) is 12.0 Å². The number of hydrogen-bond donors (Lipinski definition) is 1. The third kappa shape index (κ3) is 4.14. The number of urea groups is 1. The van der Waals surface area contributed by atoms with Gasteiger partial charge in [-0.3, -0.25) is 4.90 Å². The lowest BCUT2D eigenvalue weighted by molar-refractivity contribution is 0.199. The number of ether oxygens (including phenoxy) is 1. The first-order chi connectivity index (χ1) is 14.2. The average Bonchev–Trinajstić information content (AvgIpc) is 3.36. The van der Waals surface area contributed by atoms with Gasteiger partial charge in [0.05, 0.1) is 6.61 Å². The molecule has 3 aromatic rings. The maximum Gasteiger partial charge on any atom is 0.322 e. The molecule has 0 bridgehead atoms. The third-order valence-corrected chi connectivity index (χ3v) is 5.06. The van der Waals surface area contributed by atoms with Gasteiger partial charge in [0, 0.05) is 32.2 Å². The van der Waals surface area contributed by atoms with Gasteiger partial charge in [0.2, 0.25) is 5.89 Å². The number of anilines is 1. The molecule has 0 fully saturated rings. The van der Waals surface area contributed by atoms with Crippen molar-refractivity contribution in [3.8, 4) is 0 Å². The molecule has 0 spiro atoms. The average molecular weight is 392 g/mol. The van der Waals surface area contributed by atoms with Gasteiger partial charge in [0.15, 0.2) is 5.82 Å². The highest BCUT2D eigenvalue weighted by atomic mass is 16.5. The molecule has 2 aromatic carbocycles. The van der Waals surface area contributed by atoms with E-state index in [9.17, 15) is 4.79 Å². The molecule has 0 saturated carbocycles. The second-order valence-electron chi connectivity index (χ2n) is 7.15. The van der Waals surface area contributed by atoms with Crippen LogP contribution in [0.2, 0.25) is 0 Å². The lowest BCUT2D eigenvalue weighted by Gasteiger charge is -2.23. The molecule has 150 valence electrons. The summed E-state index contributed by atoms with van der Waals surface area (Å²) >= 11 is 0.